The monoisotopic (exact) mass is 231 g/mol. The first-order chi connectivity index (χ1) is 8.25. The molecule has 0 radical (unpaired) electrons. The van der Waals surface area contributed by atoms with Gasteiger partial charge in [0.05, 0.1) is 12.0 Å². The fraction of sp³-hybridized carbons (Fsp3) is 0.385. The van der Waals surface area contributed by atoms with Crippen LogP contribution in [0, 0.1) is 5.92 Å². The molecule has 1 aromatic carbocycles. The summed E-state index contributed by atoms with van der Waals surface area (Å²) in [7, 11) is 0. The maximum Gasteiger partial charge on any atom is 0.410 e. The van der Waals surface area contributed by atoms with E-state index >= 15 is 0 Å². The van der Waals surface area contributed by atoms with Gasteiger partial charge in [-0.05, 0) is 5.56 Å². The molecule has 0 spiro atoms. The number of benzene rings is 1. The quantitative estimate of drug-likeness (QED) is 0.776. The van der Waals surface area contributed by atoms with Crippen LogP contribution >= 0.6 is 0 Å². The van der Waals surface area contributed by atoms with Gasteiger partial charge in [0.15, 0.2) is 0 Å². The third-order valence-electron chi connectivity index (χ3n) is 3.52. The van der Waals surface area contributed by atoms with E-state index in [-0.39, 0.29) is 23.8 Å². The highest BCUT2D eigenvalue weighted by Gasteiger charge is 2.54. The van der Waals surface area contributed by atoms with Crippen LogP contribution in [0.25, 0.3) is 0 Å². The Labute approximate surface area is 99.2 Å². The molecule has 0 bridgehead atoms. The van der Waals surface area contributed by atoms with Gasteiger partial charge >= 0.3 is 6.09 Å². The maximum atomic E-state index is 11.7. The van der Waals surface area contributed by atoms with Crippen LogP contribution < -0.4 is 0 Å². The molecule has 2 atom stereocenters. The normalized spacial score (nSPS) is 25.6. The van der Waals surface area contributed by atoms with Gasteiger partial charge in [-0.2, -0.15) is 0 Å². The third kappa shape index (κ3) is 1.69. The number of Topliss-reactive ketones (excluding diaryl/α,β-unsaturated/α-hetero) is 1. The first-order valence-electron chi connectivity index (χ1n) is 5.76. The van der Waals surface area contributed by atoms with Crippen molar-refractivity contribution in [1.82, 2.24) is 4.90 Å². The molecule has 2 aliphatic rings. The zero-order valence-corrected chi connectivity index (χ0v) is 9.33. The number of nitrogens with zero attached hydrogens (tertiary/aromatic N) is 1. The highest BCUT2D eigenvalue weighted by atomic mass is 16.6. The predicted molar refractivity (Wildman–Crippen MR) is 60.2 cm³/mol. The van der Waals surface area contributed by atoms with Crippen LogP contribution in [0.4, 0.5) is 4.79 Å². The lowest BCUT2D eigenvalue weighted by Gasteiger charge is -2.52. The second-order valence-electron chi connectivity index (χ2n) is 4.54. The average molecular weight is 231 g/mol. The van der Waals surface area contributed by atoms with Crippen LogP contribution in [0.5, 0.6) is 0 Å². The lowest BCUT2D eigenvalue weighted by Crippen LogP contribution is -2.68. The molecule has 2 fully saturated rings. The van der Waals surface area contributed by atoms with Crippen LogP contribution in [-0.2, 0) is 16.1 Å². The summed E-state index contributed by atoms with van der Waals surface area (Å²) in [4.78, 5) is 24.4. The van der Waals surface area contributed by atoms with E-state index in [1.54, 1.807) is 4.90 Å². The van der Waals surface area contributed by atoms with E-state index in [1.807, 2.05) is 30.3 Å². The summed E-state index contributed by atoms with van der Waals surface area (Å²) >= 11 is 0. The number of fused-ring (bicyclic) bond motifs is 1. The molecule has 4 nitrogen and oxygen atoms in total. The van der Waals surface area contributed by atoms with E-state index in [0.29, 0.717) is 19.6 Å². The fourth-order valence-electron chi connectivity index (χ4n) is 2.33. The van der Waals surface area contributed by atoms with Crippen LogP contribution in [0.15, 0.2) is 30.3 Å². The van der Waals surface area contributed by atoms with E-state index < -0.39 is 0 Å². The summed E-state index contributed by atoms with van der Waals surface area (Å²) in [5.74, 6) is 0.376. The fourth-order valence-corrected chi connectivity index (χ4v) is 2.33. The maximum absolute atomic E-state index is 11.7. The van der Waals surface area contributed by atoms with E-state index in [9.17, 15) is 9.59 Å². The highest BCUT2D eigenvalue weighted by Crippen LogP contribution is 2.38. The van der Waals surface area contributed by atoms with Crippen molar-refractivity contribution in [1.29, 1.82) is 0 Å². The lowest BCUT2D eigenvalue weighted by molar-refractivity contribution is -0.148. The summed E-state index contributed by atoms with van der Waals surface area (Å²) in [6.07, 6.45) is 0.202. The SMILES string of the molecule is O=C1C[C@H]2C1CN2C(=O)OCc1ccccc1. The van der Waals surface area contributed by atoms with E-state index in [2.05, 4.69) is 0 Å². The van der Waals surface area contributed by atoms with Gasteiger partial charge in [-0.3, -0.25) is 4.79 Å². The smallest absolute Gasteiger partial charge is 0.410 e. The molecule has 1 amide bonds. The van der Waals surface area contributed by atoms with E-state index in [4.69, 9.17) is 4.74 Å². The van der Waals surface area contributed by atoms with Gasteiger partial charge in [-0.25, -0.2) is 4.79 Å². The van der Waals surface area contributed by atoms with Crippen molar-refractivity contribution >= 4 is 11.9 Å². The Bertz CT molecular complexity index is 457. The van der Waals surface area contributed by atoms with Crippen LogP contribution in [-0.4, -0.2) is 29.4 Å². The molecule has 0 aromatic heterocycles. The first-order valence-corrected chi connectivity index (χ1v) is 5.76. The number of carbonyl (C=O) groups is 2. The van der Waals surface area contributed by atoms with Gasteiger partial charge in [-0.15, -0.1) is 0 Å². The van der Waals surface area contributed by atoms with Crippen molar-refractivity contribution in [3.63, 3.8) is 0 Å². The Morgan fingerprint density at radius 1 is 1.35 bits per heavy atom. The number of likely N-dealkylation sites (tertiary alicyclic amines) is 1. The molecule has 1 heterocycles. The average Bonchev–Trinajstić information content (AvgIpc) is 2.34. The Morgan fingerprint density at radius 3 is 2.71 bits per heavy atom. The first kappa shape index (κ1) is 10.3. The summed E-state index contributed by atoms with van der Waals surface area (Å²) in [5.41, 5.74) is 0.975. The summed E-state index contributed by atoms with van der Waals surface area (Å²) in [6, 6.07) is 9.69. The Hall–Kier alpha value is -1.84. The van der Waals surface area contributed by atoms with E-state index in [1.165, 1.54) is 0 Å². The highest BCUT2D eigenvalue weighted by molar-refractivity contribution is 5.93. The van der Waals surface area contributed by atoms with Crippen LogP contribution in [0.3, 0.4) is 0 Å². The van der Waals surface area contributed by atoms with Gasteiger partial charge in [0.2, 0.25) is 0 Å². The molecular weight excluding hydrogens is 218 g/mol. The number of hydrogen-bond donors (Lipinski definition) is 0. The second-order valence-corrected chi connectivity index (χ2v) is 4.54. The van der Waals surface area contributed by atoms with Crippen molar-refractivity contribution in [2.24, 2.45) is 5.92 Å². The molecule has 4 heteroatoms. The number of ketones is 1. The number of rotatable bonds is 2. The Morgan fingerprint density at radius 2 is 2.12 bits per heavy atom. The summed E-state index contributed by atoms with van der Waals surface area (Å²) < 4.78 is 5.20. The number of ether oxygens (including phenoxy) is 1. The van der Waals surface area contributed by atoms with Crippen molar-refractivity contribution in [2.45, 2.75) is 19.1 Å². The molecule has 1 aliphatic heterocycles. The standard InChI is InChI=1S/C13H13NO3/c15-12-6-11-10(12)7-14(11)13(16)17-8-9-4-2-1-3-5-9/h1-5,10-11H,6-8H2/t10?,11-/m0/s1. The van der Waals surface area contributed by atoms with Crippen LogP contribution in [0.1, 0.15) is 12.0 Å². The number of carbonyl (C=O) groups excluding carboxylic acids is 2. The molecule has 17 heavy (non-hydrogen) atoms. The van der Waals surface area contributed by atoms with E-state index in [0.717, 1.165) is 5.56 Å². The minimum atomic E-state index is -0.303. The Kier molecular flexibility index (Phi) is 2.35. The molecule has 1 aliphatic carbocycles. The molecule has 1 aromatic rings. The van der Waals surface area contributed by atoms with Crippen molar-refractivity contribution < 1.29 is 14.3 Å². The van der Waals surface area contributed by atoms with Crippen LogP contribution in [0.2, 0.25) is 0 Å². The number of hydrogen-bond acceptors (Lipinski definition) is 3. The molecule has 1 unspecified atom stereocenters. The molecule has 1 saturated carbocycles. The van der Waals surface area contributed by atoms with Crippen molar-refractivity contribution in [2.75, 3.05) is 6.54 Å². The summed E-state index contributed by atoms with van der Waals surface area (Å²) in [6.45, 7) is 0.832. The molecule has 3 rings (SSSR count). The molecule has 0 N–H and O–H groups in total. The minimum Gasteiger partial charge on any atom is -0.445 e. The third-order valence-corrected chi connectivity index (χ3v) is 3.52. The van der Waals surface area contributed by atoms with Crippen molar-refractivity contribution in [3.05, 3.63) is 35.9 Å². The largest absolute Gasteiger partial charge is 0.445 e. The van der Waals surface area contributed by atoms with Gasteiger partial charge in [0, 0.05) is 13.0 Å². The number of amides is 1. The Balaban J connectivity index is 1.50. The van der Waals surface area contributed by atoms with Gasteiger partial charge in [0.25, 0.3) is 0 Å². The summed E-state index contributed by atoms with van der Waals surface area (Å²) in [5, 5.41) is 0. The lowest BCUT2D eigenvalue weighted by atomic mass is 9.70. The molecule has 1 saturated heterocycles. The second kappa shape index (κ2) is 3.87. The van der Waals surface area contributed by atoms with Gasteiger partial charge < -0.3 is 9.64 Å². The zero-order chi connectivity index (χ0) is 11.8. The number of piperidine rings is 1. The zero-order valence-electron chi connectivity index (χ0n) is 9.33. The predicted octanol–water partition coefficient (Wildman–Crippen LogP) is 1.60. The van der Waals surface area contributed by atoms with Gasteiger partial charge in [-0.1, -0.05) is 30.3 Å². The van der Waals surface area contributed by atoms with Gasteiger partial charge in [0.1, 0.15) is 12.4 Å². The minimum absolute atomic E-state index is 0.0966. The molecular formula is C13H13NO3. The topological polar surface area (TPSA) is 46.6 Å². The molecule has 88 valence electrons. The van der Waals surface area contributed by atoms with Crippen molar-refractivity contribution in [3.8, 4) is 0 Å².